The molecule has 0 fully saturated rings. The minimum atomic E-state index is -0.115. The first-order chi connectivity index (χ1) is 8.34. The van der Waals surface area contributed by atoms with Gasteiger partial charge in [0.2, 0.25) is 0 Å². The molecule has 2 rings (SSSR count). The van der Waals surface area contributed by atoms with Gasteiger partial charge in [0, 0.05) is 10.9 Å². The minimum absolute atomic E-state index is 0.0251. The number of benzene rings is 1. The summed E-state index contributed by atoms with van der Waals surface area (Å²) in [6, 6.07) is 5.71. The topological polar surface area (TPSA) is 48.4 Å². The van der Waals surface area contributed by atoms with E-state index < -0.39 is 0 Å². The Balaban J connectivity index is 2.57. The molecule has 2 aromatic rings. The number of hydrogen-bond acceptors (Lipinski definition) is 3. The highest BCUT2D eigenvalue weighted by atomic mass is 16.5. The van der Waals surface area contributed by atoms with Crippen LogP contribution in [0.1, 0.15) is 38.1 Å². The van der Waals surface area contributed by atoms with Gasteiger partial charge in [-0.2, -0.15) is 0 Å². The molecule has 1 aromatic carbocycles. The summed E-state index contributed by atoms with van der Waals surface area (Å²) in [5.74, 6) is 1.70. The van der Waals surface area contributed by atoms with Gasteiger partial charge < -0.3 is 14.9 Å². The summed E-state index contributed by atoms with van der Waals surface area (Å²) in [6.45, 7) is 8.40. The first kappa shape index (κ1) is 13.0. The number of hydrogen-bond donors (Lipinski definition) is 1. The Bertz CT molecular complexity index is 564. The zero-order valence-corrected chi connectivity index (χ0v) is 11.7. The highest BCUT2D eigenvalue weighted by Gasteiger charge is 2.27. The molecule has 18 heavy (non-hydrogen) atoms. The van der Waals surface area contributed by atoms with Crippen LogP contribution in [0.4, 0.5) is 0 Å². The van der Waals surface area contributed by atoms with Gasteiger partial charge in [0.25, 0.3) is 0 Å². The Kier molecular flexibility index (Phi) is 3.11. The molecule has 1 aromatic heterocycles. The van der Waals surface area contributed by atoms with E-state index in [9.17, 15) is 0 Å². The summed E-state index contributed by atoms with van der Waals surface area (Å²) in [5.41, 5.74) is 8.22. The molecule has 0 aliphatic heterocycles. The van der Waals surface area contributed by atoms with Crippen molar-refractivity contribution in [2.45, 2.75) is 33.7 Å². The first-order valence-electron chi connectivity index (χ1n) is 6.17. The SMILES string of the molecule is COc1ccc2oc(C(N)C(C)(C)C)c(C)c2c1. The van der Waals surface area contributed by atoms with E-state index in [2.05, 4.69) is 20.8 Å². The Morgan fingerprint density at radius 3 is 2.50 bits per heavy atom. The molecule has 1 atom stereocenters. The van der Waals surface area contributed by atoms with Gasteiger partial charge in [-0.05, 0) is 30.5 Å². The van der Waals surface area contributed by atoms with Crippen molar-refractivity contribution in [3.8, 4) is 5.75 Å². The molecule has 0 spiro atoms. The van der Waals surface area contributed by atoms with Gasteiger partial charge in [0.15, 0.2) is 0 Å². The number of ether oxygens (including phenoxy) is 1. The summed E-state index contributed by atoms with van der Waals surface area (Å²) >= 11 is 0. The Morgan fingerprint density at radius 1 is 1.28 bits per heavy atom. The van der Waals surface area contributed by atoms with Crippen LogP contribution in [-0.2, 0) is 0 Å². The van der Waals surface area contributed by atoms with Crippen molar-refractivity contribution in [2.24, 2.45) is 11.1 Å². The van der Waals surface area contributed by atoms with Crippen LogP contribution in [0, 0.1) is 12.3 Å². The maximum atomic E-state index is 6.28. The molecule has 0 aliphatic carbocycles. The van der Waals surface area contributed by atoms with Crippen LogP contribution in [0.2, 0.25) is 0 Å². The Labute approximate surface area is 108 Å². The third kappa shape index (κ3) is 2.10. The fourth-order valence-corrected chi connectivity index (χ4v) is 2.04. The van der Waals surface area contributed by atoms with E-state index in [1.165, 1.54) is 0 Å². The Hall–Kier alpha value is -1.48. The number of rotatable bonds is 2. The van der Waals surface area contributed by atoms with E-state index in [1.54, 1.807) is 7.11 Å². The molecule has 1 unspecified atom stereocenters. The second-order valence-electron chi connectivity index (χ2n) is 5.80. The predicted octanol–water partition coefficient (Wildman–Crippen LogP) is 3.80. The maximum Gasteiger partial charge on any atom is 0.134 e. The number of furan rings is 1. The Morgan fingerprint density at radius 2 is 1.94 bits per heavy atom. The van der Waals surface area contributed by atoms with Crippen LogP contribution >= 0.6 is 0 Å². The quantitative estimate of drug-likeness (QED) is 0.878. The fraction of sp³-hybridized carbons (Fsp3) is 0.467. The normalized spacial score (nSPS) is 13.9. The van der Waals surface area contributed by atoms with Crippen LogP contribution in [0.3, 0.4) is 0 Å². The zero-order valence-electron chi connectivity index (χ0n) is 11.7. The maximum absolute atomic E-state index is 6.28. The predicted molar refractivity (Wildman–Crippen MR) is 73.9 cm³/mol. The molecule has 3 heteroatoms. The third-order valence-corrected chi connectivity index (χ3v) is 3.40. The van der Waals surface area contributed by atoms with E-state index in [-0.39, 0.29) is 11.5 Å². The molecule has 0 saturated heterocycles. The van der Waals surface area contributed by atoms with Crippen molar-refractivity contribution in [2.75, 3.05) is 7.11 Å². The van der Waals surface area contributed by atoms with Crippen molar-refractivity contribution in [1.29, 1.82) is 0 Å². The number of nitrogens with two attached hydrogens (primary N) is 1. The molecule has 3 nitrogen and oxygen atoms in total. The monoisotopic (exact) mass is 247 g/mol. The van der Waals surface area contributed by atoms with Gasteiger partial charge in [0.1, 0.15) is 17.1 Å². The summed E-state index contributed by atoms with van der Waals surface area (Å²) in [7, 11) is 1.67. The highest BCUT2D eigenvalue weighted by Crippen LogP contribution is 2.37. The second-order valence-corrected chi connectivity index (χ2v) is 5.80. The lowest BCUT2D eigenvalue weighted by Crippen LogP contribution is -2.26. The van der Waals surface area contributed by atoms with E-state index in [4.69, 9.17) is 14.9 Å². The molecule has 0 amide bonds. The van der Waals surface area contributed by atoms with Crippen molar-refractivity contribution >= 4 is 11.0 Å². The lowest BCUT2D eigenvalue weighted by Gasteiger charge is -2.25. The van der Waals surface area contributed by atoms with Crippen molar-refractivity contribution in [1.82, 2.24) is 0 Å². The number of fused-ring (bicyclic) bond motifs is 1. The van der Waals surface area contributed by atoms with Crippen LogP contribution < -0.4 is 10.5 Å². The van der Waals surface area contributed by atoms with Crippen LogP contribution in [0.5, 0.6) is 5.75 Å². The molecular formula is C15H21NO2. The smallest absolute Gasteiger partial charge is 0.134 e. The van der Waals surface area contributed by atoms with E-state index in [0.717, 1.165) is 28.0 Å². The summed E-state index contributed by atoms with van der Waals surface area (Å²) in [5, 5.41) is 1.07. The van der Waals surface area contributed by atoms with Gasteiger partial charge in [-0.1, -0.05) is 20.8 Å². The third-order valence-electron chi connectivity index (χ3n) is 3.40. The fourth-order valence-electron chi connectivity index (χ4n) is 2.04. The largest absolute Gasteiger partial charge is 0.497 e. The van der Waals surface area contributed by atoms with Crippen LogP contribution in [0.15, 0.2) is 22.6 Å². The molecule has 0 bridgehead atoms. The lowest BCUT2D eigenvalue weighted by molar-refractivity contribution is 0.289. The molecule has 0 radical (unpaired) electrons. The summed E-state index contributed by atoms with van der Waals surface area (Å²) < 4.78 is 11.1. The van der Waals surface area contributed by atoms with Gasteiger partial charge in [-0.3, -0.25) is 0 Å². The summed E-state index contributed by atoms with van der Waals surface area (Å²) in [4.78, 5) is 0. The molecule has 0 aliphatic rings. The highest BCUT2D eigenvalue weighted by molar-refractivity contribution is 5.83. The van der Waals surface area contributed by atoms with E-state index in [1.807, 2.05) is 25.1 Å². The minimum Gasteiger partial charge on any atom is -0.497 e. The molecule has 2 N–H and O–H groups in total. The average molecular weight is 247 g/mol. The molecular weight excluding hydrogens is 226 g/mol. The van der Waals surface area contributed by atoms with Crippen LogP contribution in [-0.4, -0.2) is 7.11 Å². The summed E-state index contributed by atoms with van der Waals surface area (Å²) in [6.07, 6.45) is 0. The first-order valence-corrected chi connectivity index (χ1v) is 6.17. The van der Waals surface area contributed by atoms with E-state index >= 15 is 0 Å². The second kappa shape index (κ2) is 4.32. The standard InChI is InChI=1S/C15H21NO2/c1-9-11-8-10(17-5)6-7-12(11)18-13(9)14(16)15(2,3)4/h6-8,14H,16H2,1-5H3. The number of aryl methyl sites for hydroxylation is 1. The van der Waals surface area contributed by atoms with Gasteiger partial charge >= 0.3 is 0 Å². The van der Waals surface area contributed by atoms with Gasteiger partial charge in [-0.15, -0.1) is 0 Å². The molecule has 1 heterocycles. The molecule has 0 saturated carbocycles. The van der Waals surface area contributed by atoms with Gasteiger partial charge in [-0.25, -0.2) is 0 Å². The average Bonchev–Trinajstić information content (AvgIpc) is 2.64. The van der Waals surface area contributed by atoms with Crippen LogP contribution in [0.25, 0.3) is 11.0 Å². The van der Waals surface area contributed by atoms with Crippen molar-refractivity contribution in [3.63, 3.8) is 0 Å². The van der Waals surface area contributed by atoms with Gasteiger partial charge in [0.05, 0.1) is 13.2 Å². The van der Waals surface area contributed by atoms with Crippen molar-refractivity contribution in [3.05, 3.63) is 29.5 Å². The van der Waals surface area contributed by atoms with Crippen molar-refractivity contribution < 1.29 is 9.15 Å². The van der Waals surface area contributed by atoms with E-state index in [0.29, 0.717) is 0 Å². The lowest BCUT2D eigenvalue weighted by atomic mass is 9.85. The zero-order chi connectivity index (χ0) is 13.5. The molecule has 98 valence electrons. The number of methoxy groups -OCH3 is 1.